The quantitative estimate of drug-likeness (QED) is 0.841. The number of hydrogen-bond acceptors (Lipinski definition) is 3. The molecule has 1 heterocycles. The van der Waals surface area contributed by atoms with E-state index >= 15 is 0 Å². The zero-order valence-corrected chi connectivity index (χ0v) is 11.1. The molecule has 5 heteroatoms. The largest absolute Gasteiger partial charge is 0.497 e. The molecule has 0 amide bonds. The van der Waals surface area contributed by atoms with Crippen molar-refractivity contribution >= 4 is 0 Å². The first-order valence-corrected chi connectivity index (χ1v) is 6.26. The van der Waals surface area contributed by atoms with Crippen molar-refractivity contribution in [1.29, 1.82) is 0 Å². The number of aromatic amines is 1. The molecule has 2 rings (SSSR count). The van der Waals surface area contributed by atoms with Gasteiger partial charge in [0.25, 0.3) is 0 Å². The van der Waals surface area contributed by atoms with Crippen LogP contribution in [0.5, 0.6) is 5.75 Å². The minimum atomic E-state index is -0.252. The SMILES string of the molecule is COc1ccc(C(C)NCCc2ncc[nH]2)c(F)c1. The normalized spacial score (nSPS) is 12.4. The van der Waals surface area contributed by atoms with Crippen LogP contribution in [0.15, 0.2) is 30.6 Å². The van der Waals surface area contributed by atoms with Crippen LogP contribution >= 0.6 is 0 Å². The lowest BCUT2D eigenvalue weighted by atomic mass is 10.1. The summed E-state index contributed by atoms with van der Waals surface area (Å²) in [6, 6.07) is 4.86. The third kappa shape index (κ3) is 3.54. The fourth-order valence-electron chi connectivity index (χ4n) is 1.94. The molecular formula is C14H18FN3O. The standard InChI is InChI=1S/C14H18FN3O/c1-10(16-6-5-14-17-7-8-18-14)12-4-3-11(19-2)9-13(12)15/h3-4,7-10,16H,5-6H2,1-2H3,(H,17,18). The van der Waals surface area contributed by atoms with Crippen molar-refractivity contribution in [3.63, 3.8) is 0 Å². The van der Waals surface area contributed by atoms with E-state index in [1.54, 1.807) is 24.5 Å². The summed E-state index contributed by atoms with van der Waals surface area (Å²) in [5, 5.41) is 3.27. The molecule has 2 aromatic rings. The Morgan fingerprint density at radius 3 is 2.95 bits per heavy atom. The molecule has 0 saturated heterocycles. The van der Waals surface area contributed by atoms with Gasteiger partial charge in [-0.15, -0.1) is 0 Å². The van der Waals surface area contributed by atoms with Gasteiger partial charge in [0, 0.05) is 43.0 Å². The van der Waals surface area contributed by atoms with Crippen molar-refractivity contribution < 1.29 is 9.13 Å². The Morgan fingerprint density at radius 2 is 2.32 bits per heavy atom. The summed E-state index contributed by atoms with van der Waals surface area (Å²) >= 11 is 0. The lowest BCUT2D eigenvalue weighted by molar-refractivity contribution is 0.409. The van der Waals surface area contributed by atoms with Gasteiger partial charge < -0.3 is 15.0 Å². The minimum Gasteiger partial charge on any atom is -0.497 e. The molecule has 0 spiro atoms. The maximum atomic E-state index is 13.8. The molecule has 1 unspecified atom stereocenters. The van der Waals surface area contributed by atoms with Crippen LogP contribution in [-0.4, -0.2) is 23.6 Å². The van der Waals surface area contributed by atoms with Gasteiger partial charge in [0.05, 0.1) is 7.11 Å². The first-order chi connectivity index (χ1) is 9.20. The molecule has 1 aromatic carbocycles. The van der Waals surface area contributed by atoms with Gasteiger partial charge in [-0.05, 0) is 13.0 Å². The first kappa shape index (κ1) is 13.5. The van der Waals surface area contributed by atoms with Crippen LogP contribution in [0.4, 0.5) is 4.39 Å². The highest BCUT2D eigenvalue weighted by molar-refractivity contribution is 5.30. The van der Waals surface area contributed by atoms with Crippen molar-refractivity contribution in [3.05, 3.63) is 47.8 Å². The number of methoxy groups -OCH3 is 1. The van der Waals surface area contributed by atoms with Gasteiger partial charge in [-0.3, -0.25) is 0 Å². The maximum Gasteiger partial charge on any atom is 0.131 e. The topological polar surface area (TPSA) is 49.9 Å². The van der Waals surface area contributed by atoms with E-state index in [4.69, 9.17) is 4.74 Å². The number of hydrogen-bond donors (Lipinski definition) is 2. The van der Waals surface area contributed by atoms with E-state index in [1.165, 1.54) is 13.2 Å². The van der Waals surface area contributed by atoms with E-state index in [9.17, 15) is 4.39 Å². The van der Waals surface area contributed by atoms with E-state index in [1.807, 2.05) is 6.92 Å². The number of rotatable bonds is 6. The van der Waals surface area contributed by atoms with E-state index in [0.29, 0.717) is 11.3 Å². The number of nitrogens with one attached hydrogen (secondary N) is 2. The second-order valence-corrected chi connectivity index (χ2v) is 4.35. The molecule has 1 atom stereocenters. The maximum absolute atomic E-state index is 13.8. The number of aromatic nitrogens is 2. The molecule has 19 heavy (non-hydrogen) atoms. The summed E-state index contributed by atoms with van der Waals surface area (Å²) in [5.74, 6) is 1.20. The molecule has 0 aliphatic rings. The second kappa shape index (κ2) is 6.33. The number of ether oxygens (including phenoxy) is 1. The Balaban J connectivity index is 1.90. The van der Waals surface area contributed by atoms with Gasteiger partial charge in [-0.1, -0.05) is 6.07 Å². The van der Waals surface area contributed by atoms with Crippen LogP contribution in [0.2, 0.25) is 0 Å². The Bertz CT molecular complexity index is 513. The lowest BCUT2D eigenvalue weighted by Gasteiger charge is -2.15. The molecule has 0 aliphatic carbocycles. The molecule has 0 fully saturated rings. The van der Waals surface area contributed by atoms with Crippen LogP contribution in [0, 0.1) is 5.82 Å². The molecule has 0 bridgehead atoms. The molecule has 0 saturated carbocycles. The monoisotopic (exact) mass is 263 g/mol. The third-order valence-electron chi connectivity index (χ3n) is 3.04. The third-order valence-corrected chi connectivity index (χ3v) is 3.04. The van der Waals surface area contributed by atoms with Gasteiger partial charge in [0.2, 0.25) is 0 Å². The van der Waals surface area contributed by atoms with E-state index in [0.717, 1.165) is 18.8 Å². The number of imidazole rings is 1. The van der Waals surface area contributed by atoms with Crippen LogP contribution in [0.3, 0.4) is 0 Å². The molecule has 4 nitrogen and oxygen atoms in total. The number of halogens is 1. The predicted molar refractivity (Wildman–Crippen MR) is 71.7 cm³/mol. The molecule has 102 valence electrons. The molecule has 1 aromatic heterocycles. The zero-order chi connectivity index (χ0) is 13.7. The highest BCUT2D eigenvalue weighted by atomic mass is 19.1. The molecule has 0 radical (unpaired) electrons. The second-order valence-electron chi connectivity index (χ2n) is 4.35. The zero-order valence-electron chi connectivity index (χ0n) is 11.1. The van der Waals surface area contributed by atoms with Gasteiger partial charge in [0.15, 0.2) is 0 Å². The van der Waals surface area contributed by atoms with Gasteiger partial charge in [0.1, 0.15) is 17.4 Å². The van der Waals surface area contributed by atoms with Crippen LogP contribution < -0.4 is 10.1 Å². The number of benzene rings is 1. The molecular weight excluding hydrogens is 245 g/mol. The summed E-state index contributed by atoms with van der Waals surface area (Å²) < 4.78 is 18.8. The highest BCUT2D eigenvalue weighted by Crippen LogP contribution is 2.21. The Labute approximate surface area is 112 Å². The minimum absolute atomic E-state index is 0.0548. The van der Waals surface area contributed by atoms with Crippen LogP contribution in [0.1, 0.15) is 24.4 Å². The van der Waals surface area contributed by atoms with E-state index < -0.39 is 0 Å². The van der Waals surface area contributed by atoms with Crippen molar-refractivity contribution in [2.45, 2.75) is 19.4 Å². The highest BCUT2D eigenvalue weighted by Gasteiger charge is 2.11. The Hall–Kier alpha value is -1.88. The molecule has 2 N–H and O–H groups in total. The average Bonchev–Trinajstić information content (AvgIpc) is 2.91. The summed E-state index contributed by atoms with van der Waals surface area (Å²) in [4.78, 5) is 7.18. The summed E-state index contributed by atoms with van der Waals surface area (Å²) in [7, 11) is 1.53. The average molecular weight is 263 g/mol. The van der Waals surface area contributed by atoms with Crippen molar-refractivity contribution in [3.8, 4) is 5.75 Å². The predicted octanol–water partition coefficient (Wildman–Crippen LogP) is 2.45. The van der Waals surface area contributed by atoms with Gasteiger partial charge in [-0.25, -0.2) is 9.37 Å². The van der Waals surface area contributed by atoms with Crippen LogP contribution in [-0.2, 0) is 6.42 Å². The van der Waals surface area contributed by atoms with E-state index in [2.05, 4.69) is 15.3 Å². The summed E-state index contributed by atoms with van der Waals surface area (Å²) in [5.41, 5.74) is 0.639. The number of nitrogens with zero attached hydrogens (tertiary/aromatic N) is 1. The van der Waals surface area contributed by atoms with Crippen molar-refractivity contribution in [2.75, 3.05) is 13.7 Å². The number of H-pyrrole nitrogens is 1. The van der Waals surface area contributed by atoms with Gasteiger partial charge >= 0.3 is 0 Å². The Morgan fingerprint density at radius 1 is 1.47 bits per heavy atom. The van der Waals surface area contributed by atoms with E-state index in [-0.39, 0.29) is 11.9 Å². The lowest BCUT2D eigenvalue weighted by Crippen LogP contribution is -2.22. The Kier molecular flexibility index (Phi) is 4.52. The molecule has 0 aliphatic heterocycles. The fraction of sp³-hybridized carbons (Fsp3) is 0.357. The van der Waals surface area contributed by atoms with Crippen molar-refractivity contribution in [2.24, 2.45) is 0 Å². The van der Waals surface area contributed by atoms with Crippen molar-refractivity contribution in [1.82, 2.24) is 15.3 Å². The smallest absolute Gasteiger partial charge is 0.131 e. The van der Waals surface area contributed by atoms with Gasteiger partial charge in [-0.2, -0.15) is 0 Å². The summed E-state index contributed by atoms with van der Waals surface area (Å²) in [6.07, 6.45) is 4.30. The fourth-order valence-corrected chi connectivity index (χ4v) is 1.94. The van der Waals surface area contributed by atoms with Crippen LogP contribution in [0.25, 0.3) is 0 Å². The summed E-state index contributed by atoms with van der Waals surface area (Å²) in [6.45, 7) is 2.67. The first-order valence-electron chi connectivity index (χ1n) is 6.26.